The van der Waals surface area contributed by atoms with Crippen LogP contribution in [0.4, 0.5) is 0 Å². The lowest BCUT2D eigenvalue weighted by atomic mass is 10.1. The Morgan fingerprint density at radius 2 is 1.42 bits per heavy atom. The molecule has 0 bridgehead atoms. The van der Waals surface area contributed by atoms with E-state index in [1.165, 1.54) is 5.57 Å². The lowest BCUT2D eigenvalue weighted by Gasteiger charge is -2.05. The van der Waals surface area contributed by atoms with Crippen LogP contribution in [0.2, 0.25) is 0 Å². The molecule has 0 aliphatic heterocycles. The first kappa shape index (κ1) is 13.2. The Kier molecular flexibility index (Phi) is 4.57. The Morgan fingerprint density at radius 3 is 2.00 bits per heavy atom. The molecule has 1 nitrogen and oxygen atoms in total. The average molecular weight is 250 g/mol. The van der Waals surface area contributed by atoms with E-state index >= 15 is 0 Å². The summed E-state index contributed by atoms with van der Waals surface area (Å²) in [6.07, 6.45) is 3.93. The second kappa shape index (κ2) is 6.60. The van der Waals surface area contributed by atoms with Crippen LogP contribution in [0.1, 0.15) is 19.4 Å². The monoisotopic (exact) mass is 250 g/mol. The lowest BCUT2D eigenvalue weighted by molar-refractivity contribution is 0.483. The normalized spacial score (nSPS) is 10.9. The Morgan fingerprint density at radius 1 is 0.842 bits per heavy atom. The number of hydrogen-bond acceptors (Lipinski definition) is 1. The van der Waals surface area contributed by atoms with E-state index in [0.717, 1.165) is 16.9 Å². The highest BCUT2D eigenvalue weighted by Crippen LogP contribution is 2.19. The predicted molar refractivity (Wildman–Crippen MR) is 80.9 cm³/mol. The van der Waals surface area contributed by atoms with Gasteiger partial charge in [0.25, 0.3) is 0 Å². The summed E-state index contributed by atoms with van der Waals surface area (Å²) in [6.45, 7) is 4.17. The number of allylic oxidation sites excluding steroid dienone is 3. The first-order valence-corrected chi connectivity index (χ1v) is 6.38. The van der Waals surface area contributed by atoms with Crippen LogP contribution in [0.5, 0.6) is 5.75 Å². The molecular weight excluding hydrogens is 232 g/mol. The van der Waals surface area contributed by atoms with E-state index in [-0.39, 0.29) is 0 Å². The quantitative estimate of drug-likeness (QED) is 0.543. The molecule has 1 heteroatoms. The summed E-state index contributed by atoms with van der Waals surface area (Å²) in [5, 5.41) is 0. The number of hydrogen-bond donors (Lipinski definition) is 0. The van der Waals surface area contributed by atoms with Crippen molar-refractivity contribution in [1.82, 2.24) is 0 Å². The van der Waals surface area contributed by atoms with E-state index in [1.54, 1.807) is 6.26 Å². The van der Waals surface area contributed by atoms with Crippen LogP contribution in [0, 0.1) is 0 Å². The van der Waals surface area contributed by atoms with Crippen LogP contribution in [-0.2, 0) is 0 Å². The molecule has 0 aliphatic carbocycles. The van der Waals surface area contributed by atoms with Crippen LogP contribution in [0.25, 0.3) is 5.57 Å². The fourth-order valence-electron chi connectivity index (χ4n) is 1.76. The third-order valence-corrected chi connectivity index (χ3v) is 2.62. The minimum absolute atomic E-state index is 0.845. The summed E-state index contributed by atoms with van der Waals surface area (Å²) in [7, 11) is 0. The van der Waals surface area contributed by atoms with Crippen molar-refractivity contribution in [1.29, 1.82) is 0 Å². The molecule has 0 unspecified atom stereocenters. The van der Waals surface area contributed by atoms with Gasteiger partial charge in [-0.1, -0.05) is 60.2 Å². The topological polar surface area (TPSA) is 9.23 Å². The van der Waals surface area contributed by atoms with E-state index in [4.69, 9.17) is 4.74 Å². The van der Waals surface area contributed by atoms with Crippen molar-refractivity contribution < 1.29 is 4.74 Å². The zero-order valence-electron chi connectivity index (χ0n) is 11.3. The van der Waals surface area contributed by atoms with Crippen LogP contribution in [-0.4, -0.2) is 0 Å². The highest BCUT2D eigenvalue weighted by molar-refractivity contribution is 5.73. The summed E-state index contributed by atoms with van der Waals surface area (Å²) < 4.78 is 5.72. The zero-order chi connectivity index (χ0) is 13.5. The van der Waals surface area contributed by atoms with E-state index in [0.29, 0.717) is 0 Å². The first-order chi connectivity index (χ1) is 9.25. The maximum atomic E-state index is 5.72. The summed E-state index contributed by atoms with van der Waals surface area (Å²) >= 11 is 0. The van der Waals surface area contributed by atoms with Gasteiger partial charge in [-0.25, -0.2) is 0 Å². The molecule has 0 saturated heterocycles. The summed E-state index contributed by atoms with van der Waals surface area (Å²) in [5.41, 5.74) is 3.47. The third kappa shape index (κ3) is 4.14. The number of para-hydroxylation sites is 1. The Bertz CT molecular complexity index is 561. The minimum atomic E-state index is 0.845. The molecule has 0 aromatic heterocycles. The predicted octanol–water partition coefficient (Wildman–Crippen LogP) is 5.07. The first-order valence-electron chi connectivity index (χ1n) is 6.38. The minimum Gasteiger partial charge on any atom is -0.464 e. The summed E-state index contributed by atoms with van der Waals surface area (Å²) in [6, 6.07) is 20.0. The molecule has 0 heterocycles. The van der Waals surface area contributed by atoms with Crippen LogP contribution < -0.4 is 4.74 Å². The largest absolute Gasteiger partial charge is 0.464 e. The zero-order valence-corrected chi connectivity index (χ0v) is 11.3. The molecule has 0 atom stereocenters. The van der Waals surface area contributed by atoms with Crippen LogP contribution in [0.15, 0.2) is 78.6 Å². The molecule has 0 saturated carbocycles. The lowest BCUT2D eigenvalue weighted by Crippen LogP contribution is -1.87. The fraction of sp³-hybridized carbons (Fsp3) is 0.111. The van der Waals surface area contributed by atoms with Gasteiger partial charge in [0.15, 0.2) is 0 Å². The number of benzene rings is 2. The highest BCUT2D eigenvalue weighted by Gasteiger charge is 1.99. The van der Waals surface area contributed by atoms with E-state index in [1.807, 2.05) is 48.5 Å². The second-order valence-electron chi connectivity index (χ2n) is 4.59. The summed E-state index contributed by atoms with van der Waals surface area (Å²) in [4.78, 5) is 0. The molecule has 2 aromatic rings. The van der Waals surface area contributed by atoms with Crippen molar-refractivity contribution in [2.75, 3.05) is 0 Å². The summed E-state index contributed by atoms with van der Waals surface area (Å²) in [5.74, 6) is 0.845. The maximum absolute atomic E-state index is 5.72. The van der Waals surface area contributed by atoms with Gasteiger partial charge in [-0.2, -0.15) is 0 Å². The molecule has 2 aromatic carbocycles. The fourth-order valence-corrected chi connectivity index (χ4v) is 1.76. The molecule has 0 fully saturated rings. The van der Waals surface area contributed by atoms with Gasteiger partial charge in [0, 0.05) is 5.57 Å². The van der Waals surface area contributed by atoms with Gasteiger partial charge in [-0.15, -0.1) is 0 Å². The van der Waals surface area contributed by atoms with Gasteiger partial charge in [-0.05, 0) is 31.5 Å². The SMILES string of the molecule is CC(C)=CC(=COc1ccccc1)c1ccccc1. The van der Waals surface area contributed by atoms with Crippen molar-refractivity contribution in [2.45, 2.75) is 13.8 Å². The van der Waals surface area contributed by atoms with Crippen molar-refractivity contribution >= 4 is 5.57 Å². The second-order valence-corrected chi connectivity index (χ2v) is 4.59. The molecule has 96 valence electrons. The van der Waals surface area contributed by atoms with Gasteiger partial charge >= 0.3 is 0 Å². The van der Waals surface area contributed by atoms with Gasteiger partial charge in [-0.3, -0.25) is 0 Å². The molecule has 19 heavy (non-hydrogen) atoms. The van der Waals surface area contributed by atoms with Crippen LogP contribution in [0.3, 0.4) is 0 Å². The molecular formula is C18H18O. The molecule has 0 aliphatic rings. The molecule has 0 radical (unpaired) electrons. The maximum Gasteiger partial charge on any atom is 0.126 e. The molecule has 0 N–H and O–H groups in total. The standard InChI is InChI=1S/C18H18O/c1-15(2)13-17(16-9-5-3-6-10-16)14-19-18-11-7-4-8-12-18/h3-14H,1-2H3. The molecule has 0 spiro atoms. The van der Waals surface area contributed by atoms with Gasteiger partial charge in [0.2, 0.25) is 0 Å². The van der Waals surface area contributed by atoms with Gasteiger partial charge < -0.3 is 4.74 Å². The Hall–Kier alpha value is -2.28. The smallest absolute Gasteiger partial charge is 0.126 e. The van der Waals surface area contributed by atoms with E-state index in [2.05, 4.69) is 32.1 Å². The number of ether oxygens (including phenoxy) is 1. The van der Waals surface area contributed by atoms with Crippen molar-refractivity contribution in [3.8, 4) is 5.75 Å². The Balaban J connectivity index is 2.26. The average Bonchev–Trinajstić information content (AvgIpc) is 2.45. The van der Waals surface area contributed by atoms with Crippen molar-refractivity contribution in [3.05, 3.63) is 84.1 Å². The van der Waals surface area contributed by atoms with E-state index < -0.39 is 0 Å². The molecule has 2 rings (SSSR count). The van der Waals surface area contributed by atoms with Crippen molar-refractivity contribution in [3.63, 3.8) is 0 Å². The van der Waals surface area contributed by atoms with E-state index in [9.17, 15) is 0 Å². The van der Waals surface area contributed by atoms with Gasteiger partial charge in [0.1, 0.15) is 5.75 Å². The highest BCUT2D eigenvalue weighted by atomic mass is 16.5. The van der Waals surface area contributed by atoms with Crippen molar-refractivity contribution in [2.24, 2.45) is 0 Å². The number of rotatable bonds is 4. The Labute approximate surface area is 114 Å². The third-order valence-electron chi connectivity index (χ3n) is 2.62. The van der Waals surface area contributed by atoms with Crippen LogP contribution >= 0.6 is 0 Å². The van der Waals surface area contributed by atoms with Gasteiger partial charge in [0.05, 0.1) is 6.26 Å². The molecule has 0 amide bonds.